The molecule has 0 amide bonds. The second kappa shape index (κ2) is 4.88. The van der Waals surface area contributed by atoms with Crippen LogP contribution in [0.3, 0.4) is 0 Å². The summed E-state index contributed by atoms with van der Waals surface area (Å²) in [6.45, 7) is 4.00. The molecule has 92 valence electrons. The van der Waals surface area contributed by atoms with Crippen molar-refractivity contribution in [3.63, 3.8) is 0 Å². The Hall–Kier alpha value is -2.35. The molecule has 2 aromatic rings. The van der Waals surface area contributed by atoms with Gasteiger partial charge in [-0.3, -0.25) is 4.68 Å². The van der Waals surface area contributed by atoms with Gasteiger partial charge >= 0.3 is 0 Å². The number of aromatic nitrogens is 3. The minimum atomic E-state index is 0.0562. The highest BCUT2D eigenvalue weighted by molar-refractivity contribution is 5.52. The van der Waals surface area contributed by atoms with E-state index in [-0.39, 0.29) is 6.04 Å². The van der Waals surface area contributed by atoms with Crippen LogP contribution in [0.2, 0.25) is 0 Å². The van der Waals surface area contributed by atoms with Gasteiger partial charge in [0.1, 0.15) is 11.9 Å². The fraction of sp³-hybridized carbons (Fsp3) is 0.308. The van der Waals surface area contributed by atoms with Gasteiger partial charge in [0.2, 0.25) is 0 Å². The molecule has 0 fully saturated rings. The summed E-state index contributed by atoms with van der Waals surface area (Å²) in [5.74, 6) is 0.607. The number of hydrogen-bond acceptors (Lipinski definition) is 4. The monoisotopic (exact) mass is 241 g/mol. The molecule has 0 bridgehead atoms. The minimum Gasteiger partial charge on any atom is -0.362 e. The number of nitriles is 1. The lowest BCUT2D eigenvalue weighted by Gasteiger charge is -2.14. The molecule has 18 heavy (non-hydrogen) atoms. The summed E-state index contributed by atoms with van der Waals surface area (Å²) in [6, 6.07) is 5.68. The maximum atomic E-state index is 9.01. The average molecular weight is 241 g/mol. The minimum absolute atomic E-state index is 0.0562. The van der Waals surface area contributed by atoms with Gasteiger partial charge in [-0.05, 0) is 26.0 Å². The fourth-order valence-electron chi connectivity index (χ4n) is 1.94. The fourth-order valence-corrected chi connectivity index (χ4v) is 1.94. The molecule has 2 aromatic heterocycles. The zero-order valence-electron chi connectivity index (χ0n) is 10.7. The van der Waals surface area contributed by atoms with Crippen molar-refractivity contribution in [2.45, 2.75) is 19.9 Å². The van der Waals surface area contributed by atoms with Gasteiger partial charge in [0.25, 0.3) is 0 Å². The van der Waals surface area contributed by atoms with Crippen molar-refractivity contribution in [2.24, 2.45) is 7.05 Å². The molecule has 0 aliphatic carbocycles. The van der Waals surface area contributed by atoms with Gasteiger partial charge in [0, 0.05) is 25.0 Å². The molecule has 0 unspecified atom stereocenters. The number of hydrogen-bond donors (Lipinski definition) is 1. The van der Waals surface area contributed by atoms with Gasteiger partial charge in [0.15, 0.2) is 0 Å². The van der Waals surface area contributed by atoms with Crippen LogP contribution in [0, 0.1) is 18.3 Å². The van der Waals surface area contributed by atoms with Crippen molar-refractivity contribution in [2.75, 3.05) is 5.32 Å². The summed E-state index contributed by atoms with van der Waals surface area (Å²) >= 11 is 0. The number of anilines is 1. The molecule has 2 rings (SSSR count). The predicted octanol–water partition coefficient (Wildman–Crippen LogP) is 2.17. The Balaban J connectivity index is 2.24. The molecular weight excluding hydrogens is 226 g/mol. The summed E-state index contributed by atoms with van der Waals surface area (Å²) in [4.78, 5) is 4.19. The van der Waals surface area contributed by atoms with Crippen LogP contribution in [0.4, 0.5) is 5.82 Å². The Morgan fingerprint density at radius 2 is 2.28 bits per heavy atom. The highest BCUT2D eigenvalue weighted by Gasteiger charge is 2.13. The van der Waals surface area contributed by atoms with Crippen LogP contribution in [0.15, 0.2) is 24.5 Å². The van der Waals surface area contributed by atoms with Crippen molar-refractivity contribution in [1.29, 1.82) is 5.26 Å². The van der Waals surface area contributed by atoms with Gasteiger partial charge < -0.3 is 5.32 Å². The zero-order chi connectivity index (χ0) is 13.1. The predicted molar refractivity (Wildman–Crippen MR) is 68.9 cm³/mol. The van der Waals surface area contributed by atoms with E-state index in [4.69, 9.17) is 5.26 Å². The average Bonchev–Trinajstić information content (AvgIpc) is 2.69. The summed E-state index contributed by atoms with van der Waals surface area (Å²) in [6.07, 6.45) is 3.65. The third kappa shape index (κ3) is 2.33. The van der Waals surface area contributed by atoms with Gasteiger partial charge in [-0.2, -0.15) is 10.4 Å². The van der Waals surface area contributed by atoms with E-state index in [0.29, 0.717) is 11.4 Å². The molecule has 0 aliphatic heterocycles. The highest BCUT2D eigenvalue weighted by atomic mass is 15.3. The van der Waals surface area contributed by atoms with E-state index in [9.17, 15) is 0 Å². The molecule has 0 aromatic carbocycles. The topological polar surface area (TPSA) is 66.5 Å². The molecule has 1 N–H and O–H groups in total. The number of rotatable bonds is 3. The number of aryl methyl sites for hydroxylation is 2. The lowest BCUT2D eigenvalue weighted by molar-refractivity contribution is 0.756. The summed E-state index contributed by atoms with van der Waals surface area (Å²) in [5, 5.41) is 16.6. The van der Waals surface area contributed by atoms with Crippen LogP contribution in [0.5, 0.6) is 0 Å². The van der Waals surface area contributed by atoms with Crippen LogP contribution in [-0.2, 0) is 7.05 Å². The molecule has 0 spiro atoms. The lowest BCUT2D eigenvalue weighted by atomic mass is 10.1. The van der Waals surface area contributed by atoms with E-state index in [0.717, 1.165) is 11.3 Å². The second-order valence-corrected chi connectivity index (χ2v) is 4.22. The third-order valence-corrected chi connectivity index (χ3v) is 2.80. The first-order chi connectivity index (χ1) is 8.61. The molecule has 0 saturated heterocycles. The Morgan fingerprint density at radius 3 is 2.89 bits per heavy atom. The molecule has 1 atom stereocenters. The standard InChI is InChI=1S/C13H15N5/c1-9(12-8-18(3)17-10(12)2)16-13-11(7-14)5-4-6-15-13/h4-6,8-9H,1-3H3,(H,15,16)/t9-/m0/s1. The van der Waals surface area contributed by atoms with E-state index in [1.807, 2.05) is 27.1 Å². The highest BCUT2D eigenvalue weighted by Crippen LogP contribution is 2.21. The Morgan fingerprint density at radius 1 is 1.50 bits per heavy atom. The van der Waals surface area contributed by atoms with Crippen molar-refractivity contribution in [3.05, 3.63) is 41.3 Å². The van der Waals surface area contributed by atoms with Crippen LogP contribution in [-0.4, -0.2) is 14.8 Å². The zero-order valence-corrected chi connectivity index (χ0v) is 10.7. The Labute approximate surface area is 106 Å². The van der Waals surface area contributed by atoms with Crippen molar-refractivity contribution < 1.29 is 0 Å². The smallest absolute Gasteiger partial charge is 0.144 e. The van der Waals surface area contributed by atoms with Crippen molar-refractivity contribution in [3.8, 4) is 6.07 Å². The van der Waals surface area contributed by atoms with E-state index in [2.05, 4.69) is 21.5 Å². The van der Waals surface area contributed by atoms with Crippen LogP contribution < -0.4 is 5.32 Å². The quantitative estimate of drug-likeness (QED) is 0.894. The Bertz CT molecular complexity index is 594. The van der Waals surface area contributed by atoms with Crippen LogP contribution >= 0.6 is 0 Å². The first-order valence-electron chi connectivity index (χ1n) is 5.73. The number of nitrogens with zero attached hydrogens (tertiary/aromatic N) is 4. The number of nitrogens with one attached hydrogen (secondary N) is 1. The first-order valence-corrected chi connectivity index (χ1v) is 5.73. The molecule has 5 nitrogen and oxygen atoms in total. The third-order valence-electron chi connectivity index (χ3n) is 2.80. The van der Waals surface area contributed by atoms with Crippen molar-refractivity contribution >= 4 is 5.82 Å². The molecule has 0 saturated carbocycles. The van der Waals surface area contributed by atoms with Gasteiger partial charge in [0.05, 0.1) is 17.3 Å². The Kier molecular flexibility index (Phi) is 3.28. The van der Waals surface area contributed by atoms with E-state index < -0.39 is 0 Å². The largest absolute Gasteiger partial charge is 0.362 e. The first kappa shape index (κ1) is 12.1. The summed E-state index contributed by atoms with van der Waals surface area (Å²) in [5.41, 5.74) is 2.63. The maximum absolute atomic E-state index is 9.01. The molecular formula is C13H15N5. The van der Waals surface area contributed by atoms with Gasteiger partial charge in [-0.1, -0.05) is 0 Å². The summed E-state index contributed by atoms with van der Waals surface area (Å²) < 4.78 is 1.78. The number of pyridine rings is 1. The molecule has 0 radical (unpaired) electrons. The lowest BCUT2D eigenvalue weighted by Crippen LogP contribution is -2.09. The van der Waals surface area contributed by atoms with E-state index in [1.165, 1.54) is 0 Å². The van der Waals surface area contributed by atoms with Crippen LogP contribution in [0.25, 0.3) is 0 Å². The van der Waals surface area contributed by atoms with E-state index in [1.54, 1.807) is 23.0 Å². The van der Waals surface area contributed by atoms with Gasteiger partial charge in [-0.25, -0.2) is 4.98 Å². The second-order valence-electron chi connectivity index (χ2n) is 4.22. The molecule has 5 heteroatoms. The van der Waals surface area contributed by atoms with Crippen LogP contribution in [0.1, 0.15) is 29.8 Å². The SMILES string of the molecule is Cc1nn(C)cc1[C@H](C)Nc1ncccc1C#N. The normalized spacial score (nSPS) is 11.9. The summed E-state index contributed by atoms with van der Waals surface area (Å²) in [7, 11) is 1.89. The van der Waals surface area contributed by atoms with Crippen molar-refractivity contribution in [1.82, 2.24) is 14.8 Å². The van der Waals surface area contributed by atoms with E-state index >= 15 is 0 Å². The van der Waals surface area contributed by atoms with Gasteiger partial charge in [-0.15, -0.1) is 0 Å². The molecule has 0 aliphatic rings. The molecule has 2 heterocycles. The maximum Gasteiger partial charge on any atom is 0.144 e.